The fourth-order valence-corrected chi connectivity index (χ4v) is 2.00. The number of benzene rings is 1. The van der Waals surface area contributed by atoms with Crippen LogP contribution in [-0.2, 0) is 0 Å². The van der Waals surface area contributed by atoms with Crippen LogP contribution in [0.3, 0.4) is 0 Å². The molecule has 1 saturated heterocycles. The average molecular weight is 237 g/mol. The van der Waals surface area contributed by atoms with Gasteiger partial charge in [0.05, 0.1) is 6.04 Å². The minimum Gasteiger partial charge on any atom is -0.330 e. The number of halogens is 1. The van der Waals surface area contributed by atoms with Crippen LogP contribution in [0.15, 0.2) is 24.3 Å². The van der Waals surface area contributed by atoms with Gasteiger partial charge >= 0.3 is 6.03 Å². The third-order valence-electron chi connectivity index (χ3n) is 2.90. The number of amides is 2. The standard InChI is InChI=1S/C12H16FN3O/c13-10-5-2-1-4-9(10)11-8-16(7-3-6-14)12(17)15-11/h1-2,4-5,11H,3,6-8,14H2,(H,15,17). The van der Waals surface area contributed by atoms with Crippen LogP contribution in [0.5, 0.6) is 0 Å². The highest BCUT2D eigenvalue weighted by Gasteiger charge is 2.30. The molecule has 1 aliphatic rings. The summed E-state index contributed by atoms with van der Waals surface area (Å²) < 4.78 is 13.6. The van der Waals surface area contributed by atoms with Crippen LogP contribution < -0.4 is 11.1 Å². The Morgan fingerprint density at radius 1 is 1.47 bits per heavy atom. The first-order valence-electron chi connectivity index (χ1n) is 5.72. The molecule has 1 unspecified atom stereocenters. The molecular formula is C12H16FN3O. The Bertz CT molecular complexity index is 410. The lowest BCUT2D eigenvalue weighted by atomic mass is 10.1. The molecule has 1 aromatic rings. The number of nitrogens with zero attached hydrogens (tertiary/aromatic N) is 1. The molecule has 92 valence electrons. The summed E-state index contributed by atoms with van der Waals surface area (Å²) in [5.74, 6) is -0.279. The van der Waals surface area contributed by atoms with Gasteiger partial charge in [0.25, 0.3) is 0 Å². The van der Waals surface area contributed by atoms with E-state index in [0.29, 0.717) is 25.2 Å². The SMILES string of the molecule is NCCCN1CC(c2ccccc2F)NC1=O. The molecule has 1 aromatic carbocycles. The van der Waals surface area contributed by atoms with Crippen LogP contribution in [0.4, 0.5) is 9.18 Å². The van der Waals surface area contributed by atoms with Gasteiger partial charge in [0, 0.05) is 18.7 Å². The first-order valence-corrected chi connectivity index (χ1v) is 5.72. The molecule has 0 radical (unpaired) electrons. The Kier molecular flexibility index (Phi) is 3.58. The zero-order valence-electron chi connectivity index (χ0n) is 9.53. The van der Waals surface area contributed by atoms with E-state index < -0.39 is 0 Å². The summed E-state index contributed by atoms with van der Waals surface area (Å²) in [6.07, 6.45) is 0.761. The van der Waals surface area contributed by atoms with E-state index in [0.717, 1.165) is 6.42 Å². The molecular weight excluding hydrogens is 221 g/mol. The molecule has 0 aliphatic carbocycles. The number of rotatable bonds is 4. The van der Waals surface area contributed by atoms with E-state index in [9.17, 15) is 9.18 Å². The molecule has 0 bridgehead atoms. The molecule has 1 aliphatic heterocycles. The second-order valence-corrected chi connectivity index (χ2v) is 4.11. The van der Waals surface area contributed by atoms with Crippen LogP contribution in [0.1, 0.15) is 18.0 Å². The molecule has 2 amide bonds. The molecule has 2 rings (SSSR count). The predicted octanol–water partition coefficient (Wildman–Crippen LogP) is 1.24. The monoisotopic (exact) mass is 237 g/mol. The van der Waals surface area contributed by atoms with Crippen molar-refractivity contribution in [3.8, 4) is 0 Å². The highest BCUT2D eigenvalue weighted by Crippen LogP contribution is 2.22. The third kappa shape index (κ3) is 2.55. The number of carbonyl (C=O) groups is 1. The molecule has 0 saturated carbocycles. The lowest BCUT2D eigenvalue weighted by Gasteiger charge is -2.14. The van der Waals surface area contributed by atoms with Crippen LogP contribution in [0.25, 0.3) is 0 Å². The van der Waals surface area contributed by atoms with E-state index in [2.05, 4.69) is 5.32 Å². The van der Waals surface area contributed by atoms with E-state index in [1.165, 1.54) is 6.07 Å². The van der Waals surface area contributed by atoms with Crippen molar-refractivity contribution >= 4 is 6.03 Å². The summed E-state index contributed by atoms with van der Waals surface area (Å²) in [4.78, 5) is 13.3. The summed E-state index contributed by atoms with van der Waals surface area (Å²) >= 11 is 0. The van der Waals surface area contributed by atoms with Crippen LogP contribution in [0, 0.1) is 5.82 Å². The fraction of sp³-hybridized carbons (Fsp3) is 0.417. The maximum Gasteiger partial charge on any atom is 0.318 e. The second-order valence-electron chi connectivity index (χ2n) is 4.11. The molecule has 1 heterocycles. The number of carbonyl (C=O) groups excluding carboxylic acids is 1. The molecule has 0 aromatic heterocycles. The number of hydrogen-bond donors (Lipinski definition) is 2. The van der Waals surface area contributed by atoms with Crippen molar-refractivity contribution in [2.45, 2.75) is 12.5 Å². The van der Waals surface area contributed by atoms with Crippen molar-refractivity contribution < 1.29 is 9.18 Å². The average Bonchev–Trinajstić information content (AvgIpc) is 2.68. The molecule has 17 heavy (non-hydrogen) atoms. The van der Waals surface area contributed by atoms with Crippen molar-refractivity contribution in [3.05, 3.63) is 35.6 Å². The molecule has 3 N–H and O–H groups in total. The van der Waals surface area contributed by atoms with Gasteiger partial charge in [-0.15, -0.1) is 0 Å². The van der Waals surface area contributed by atoms with Crippen LogP contribution in [0.2, 0.25) is 0 Å². The lowest BCUT2D eigenvalue weighted by Crippen LogP contribution is -2.30. The second kappa shape index (κ2) is 5.14. The van der Waals surface area contributed by atoms with E-state index in [-0.39, 0.29) is 17.9 Å². The summed E-state index contributed by atoms with van der Waals surface area (Å²) in [5, 5.41) is 2.78. The zero-order chi connectivity index (χ0) is 12.3. The quantitative estimate of drug-likeness (QED) is 0.827. The van der Waals surface area contributed by atoms with Crippen molar-refractivity contribution in [1.29, 1.82) is 0 Å². The Hall–Kier alpha value is -1.62. The van der Waals surface area contributed by atoms with E-state index in [4.69, 9.17) is 5.73 Å². The molecule has 1 fully saturated rings. The molecule has 5 heteroatoms. The lowest BCUT2D eigenvalue weighted by molar-refractivity contribution is 0.217. The summed E-state index contributed by atoms with van der Waals surface area (Å²) in [5.41, 5.74) is 5.94. The molecule has 0 spiro atoms. The minimum atomic E-state index is -0.279. The Morgan fingerprint density at radius 2 is 2.24 bits per heavy atom. The van der Waals surface area contributed by atoms with Crippen molar-refractivity contribution in [2.24, 2.45) is 5.73 Å². The van der Waals surface area contributed by atoms with Gasteiger partial charge in [-0.2, -0.15) is 0 Å². The maximum atomic E-state index is 13.6. The predicted molar refractivity (Wildman–Crippen MR) is 62.9 cm³/mol. The zero-order valence-corrected chi connectivity index (χ0v) is 9.53. The molecule has 4 nitrogen and oxygen atoms in total. The van der Waals surface area contributed by atoms with Gasteiger partial charge in [0.2, 0.25) is 0 Å². The summed E-state index contributed by atoms with van der Waals surface area (Å²) in [6.45, 7) is 1.67. The van der Waals surface area contributed by atoms with Gasteiger partial charge in [0.15, 0.2) is 0 Å². The Labute approximate surface area is 99.6 Å². The van der Waals surface area contributed by atoms with Gasteiger partial charge < -0.3 is 16.0 Å². The number of urea groups is 1. The summed E-state index contributed by atoms with van der Waals surface area (Å²) in [6, 6.07) is 6.11. The van der Waals surface area contributed by atoms with Gasteiger partial charge in [0.1, 0.15) is 5.82 Å². The number of nitrogens with one attached hydrogen (secondary N) is 1. The smallest absolute Gasteiger partial charge is 0.318 e. The maximum absolute atomic E-state index is 13.6. The Balaban J connectivity index is 2.06. The third-order valence-corrected chi connectivity index (χ3v) is 2.90. The van der Waals surface area contributed by atoms with E-state index in [1.807, 2.05) is 0 Å². The topological polar surface area (TPSA) is 58.4 Å². The minimum absolute atomic E-state index is 0.147. The van der Waals surface area contributed by atoms with Gasteiger partial charge in [-0.3, -0.25) is 0 Å². The van der Waals surface area contributed by atoms with Gasteiger partial charge in [-0.25, -0.2) is 9.18 Å². The normalized spacial score (nSPS) is 19.5. The molecule has 1 atom stereocenters. The highest BCUT2D eigenvalue weighted by molar-refractivity contribution is 5.77. The summed E-state index contributed by atoms with van der Waals surface area (Å²) in [7, 11) is 0. The fourth-order valence-electron chi connectivity index (χ4n) is 2.00. The highest BCUT2D eigenvalue weighted by atomic mass is 19.1. The Morgan fingerprint density at radius 3 is 2.94 bits per heavy atom. The van der Waals surface area contributed by atoms with Gasteiger partial charge in [-0.1, -0.05) is 18.2 Å². The van der Waals surface area contributed by atoms with E-state index >= 15 is 0 Å². The van der Waals surface area contributed by atoms with Crippen molar-refractivity contribution in [2.75, 3.05) is 19.6 Å². The van der Waals surface area contributed by atoms with Crippen LogP contribution >= 0.6 is 0 Å². The first kappa shape index (κ1) is 11.9. The number of hydrogen-bond acceptors (Lipinski definition) is 2. The van der Waals surface area contributed by atoms with Gasteiger partial charge in [-0.05, 0) is 19.0 Å². The van der Waals surface area contributed by atoms with Crippen molar-refractivity contribution in [1.82, 2.24) is 10.2 Å². The number of nitrogens with two attached hydrogens (primary N) is 1. The van der Waals surface area contributed by atoms with E-state index in [1.54, 1.807) is 23.1 Å². The largest absolute Gasteiger partial charge is 0.330 e. The van der Waals surface area contributed by atoms with Crippen molar-refractivity contribution in [3.63, 3.8) is 0 Å². The first-order chi connectivity index (χ1) is 8.22. The van der Waals surface area contributed by atoms with Crippen LogP contribution in [-0.4, -0.2) is 30.6 Å².